The molecular formula is C16H24N4. The van der Waals surface area contributed by atoms with Gasteiger partial charge >= 0.3 is 0 Å². The predicted molar refractivity (Wildman–Crippen MR) is 82.4 cm³/mol. The predicted octanol–water partition coefficient (Wildman–Crippen LogP) is 3.41. The zero-order valence-corrected chi connectivity index (χ0v) is 12.8. The molecule has 0 fully saturated rings. The second kappa shape index (κ2) is 6.66. The van der Waals surface area contributed by atoms with E-state index in [0.717, 1.165) is 29.9 Å². The summed E-state index contributed by atoms with van der Waals surface area (Å²) in [6, 6.07) is 11.0. The van der Waals surface area contributed by atoms with Crippen molar-refractivity contribution in [2.75, 3.05) is 0 Å². The van der Waals surface area contributed by atoms with E-state index in [1.807, 2.05) is 18.2 Å². The number of hydrogen-bond acceptors (Lipinski definition) is 3. The number of benzene rings is 1. The monoisotopic (exact) mass is 272 g/mol. The van der Waals surface area contributed by atoms with Crippen LogP contribution >= 0.6 is 0 Å². The molecule has 20 heavy (non-hydrogen) atoms. The number of hydrogen-bond donors (Lipinski definition) is 1. The number of rotatable bonds is 6. The van der Waals surface area contributed by atoms with Crippen LogP contribution in [0.2, 0.25) is 0 Å². The van der Waals surface area contributed by atoms with Gasteiger partial charge < -0.3 is 5.32 Å². The largest absolute Gasteiger partial charge is 0.309 e. The van der Waals surface area contributed by atoms with Gasteiger partial charge in [-0.05, 0) is 27.2 Å². The van der Waals surface area contributed by atoms with Crippen LogP contribution in [0.15, 0.2) is 30.3 Å². The molecule has 2 aromatic rings. The maximum atomic E-state index is 4.65. The van der Waals surface area contributed by atoms with Gasteiger partial charge in [-0.15, -0.1) is 0 Å². The zero-order valence-electron chi connectivity index (χ0n) is 12.8. The van der Waals surface area contributed by atoms with Crippen molar-refractivity contribution in [2.45, 2.75) is 52.7 Å². The molecule has 108 valence electrons. The lowest BCUT2D eigenvalue weighted by atomic mass is 10.1. The summed E-state index contributed by atoms with van der Waals surface area (Å²) in [7, 11) is 0. The molecule has 0 radical (unpaired) electrons. The number of aromatic nitrogens is 3. The van der Waals surface area contributed by atoms with Crippen LogP contribution in [0.4, 0.5) is 0 Å². The van der Waals surface area contributed by atoms with Gasteiger partial charge in [-0.2, -0.15) is 15.0 Å². The Morgan fingerprint density at radius 2 is 1.80 bits per heavy atom. The van der Waals surface area contributed by atoms with Gasteiger partial charge in [0.1, 0.15) is 11.4 Å². The Morgan fingerprint density at radius 1 is 1.10 bits per heavy atom. The molecule has 2 rings (SSSR count). The Hall–Kier alpha value is -1.68. The molecule has 0 spiro atoms. The summed E-state index contributed by atoms with van der Waals surface area (Å²) in [5.41, 5.74) is 3.13. The molecule has 0 saturated carbocycles. The van der Waals surface area contributed by atoms with Crippen LogP contribution in [0.5, 0.6) is 0 Å². The van der Waals surface area contributed by atoms with Gasteiger partial charge in [-0.1, -0.05) is 37.3 Å². The minimum absolute atomic E-state index is 0.273. The molecule has 0 aliphatic heterocycles. The molecule has 1 atom stereocenters. The van der Waals surface area contributed by atoms with Gasteiger partial charge in [0.25, 0.3) is 0 Å². The Balaban J connectivity index is 2.29. The van der Waals surface area contributed by atoms with E-state index in [9.17, 15) is 0 Å². The molecule has 0 saturated heterocycles. The molecule has 0 aliphatic rings. The van der Waals surface area contributed by atoms with Crippen molar-refractivity contribution < 1.29 is 0 Å². The normalized spacial score (nSPS) is 12.8. The Morgan fingerprint density at radius 3 is 2.40 bits per heavy atom. The van der Waals surface area contributed by atoms with Gasteiger partial charge in [0.15, 0.2) is 0 Å². The average Bonchev–Trinajstić information content (AvgIpc) is 2.90. The van der Waals surface area contributed by atoms with Crippen molar-refractivity contribution in [3.05, 3.63) is 36.0 Å². The van der Waals surface area contributed by atoms with E-state index >= 15 is 0 Å². The first-order valence-electron chi connectivity index (χ1n) is 7.36. The summed E-state index contributed by atoms with van der Waals surface area (Å²) in [4.78, 5) is 1.80. The van der Waals surface area contributed by atoms with Crippen molar-refractivity contribution in [1.82, 2.24) is 20.3 Å². The first-order chi connectivity index (χ1) is 9.61. The fourth-order valence-corrected chi connectivity index (χ4v) is 1.94. The van der Waals surface area contributed by atoms with Crippen LogP contribution in [0, 0.1) is 0 Å². The minimum Gasteiger partial charge on any atom is -0.309 e. The standard InChI is InChI=1S/C16H24N4/c1-5-13(4)17-11-15-16(14-9-7-6-8-10-14)19-20(18-15)12(2)3/h6-10,12-13,17H,5,11H2,1-4H3/t13-/m1/s1. The fourth-order valence-electron chi connectivity index (χ4n) is 1.94. The number of nitrogens with zero attached hydrogens (tertiary/aromatic N) is 3. The molecule has 0 amide bonds. The highest BCUT2D eigenvalue weighted by molar-refractivity contribution is 5.60. The van der Waals surface area contributed by atoms with Crippen LogP contribution in [-0.2, 0) is 6.54 Å². The van der Waals surface area contributed by atoms with Gasteiger partial charge in [0.05, 0.1) is 6.04 Å². The third-order valence-electron chi connectivity index (χ3n) is 3.44. The van der Waals surface area contributed by atoms with Crippen molar-refractivity contribution in [3.63, 3.8) is 0 Å². The van der Waals surface area contributed by atoms with Crippen molar-refractivity contribution in [1.29, 1.82) is 0 Å². The summed E-state index contributed by atoms with van der Waals surface area (Å²) in [5.74, 6) is 0. The summed E-state index contributed by atoms with van der Waals surface area (Å²) in [6.07, 6.45) is 1.11. The molecule has 0 aliphatic carbocycles. The Labute approximate surface area is 121 Å². The molecule has 1 heterocycles. The third kappa shape index (κ3) is 3.45. The zero-order chi connectivity index (χ0) is 14.5. The average molecular weight is 272 g/mol. The fraction of sp³-hybridized carbons (Fsp3) is 0.500. The second-order valence-corrected chi connectivity index (χ2v) is 5.47. The molecule has 0 bridgehead atoms. The molecule has 1 aromatic heterocycles. The van der Waals surface area contributed by atoms with E-state index in [-0.39, 0.29) is 6.04 Å². The van der Waals surface area contributed by atoms with E-state index < -0.39 is 0 Å². The van der Waals surface area contributed by atoms with E-state index in [0.29, 0.717) is 6.04 Å². The summed E-state index contributed by atoms with van der Waals surface area (Å²) < 4.78 is 0. The smallest absolute Gasteiger partial charge is 0.117 e. The summed E-state index contributed by atoms with van der Waals surface area (Å²) in [5, 5.41) is 12.8. The second-order valence-electron chi connectivity index (χ2n) is 5.47. The molecule has 1 aromatic carbocycles. The quantitative estimate of drug-likeness (QED) is 0.876. The van der Waals surface area contributed by atoms with Gasteiger partial charge in [-0.25, -0.2) is 0 Å². The van der Waals surface area contributed by atoms with Crippen LogP contribution < -0.4 is 5.32 Å². The molecular weight excluding hydrogens is 248 g/mol. The third-order valence-corrected chi connectivity index (χ3v) is 3.44. The Kier molecular flexibility index (Phi) is 4.90. The van der Waals surface area contributed by atoms with Gasteiger partial charge in [-0.3, -0.25) is 0 Å². The lowest BCUT2D eigenvalue weighted by Crippen LogP contribution is -2.25. The van der Waals surface area contributed by atoms with Crippen LogP contribution in [0.1, 0.15) is 45.9 Å². The highest BCUT2D eigenvalue weighted by Gasteiger charge is 2.14. The topological polar surface area (TPSA) is 42.7 Å². The molecule has 4 nitrogen and oxygen atoms in total. The van der Waals surface area contributed by atoms with E-state index in [1.165, 1.54) is 0 Å². The first-order valence-corrected chi connectivity index (χ1v) is 7.36. The maximum Gasteiger partial charge on any atom is 0.117 e. The summed E-state index contributed by atoms with van der Waals surface area (Å²) >= 11 is 0. The highest BCUT2D eigenvalue weighted by atomic mass is 15.5. The Bertz CT molecular complexity index is 531. The van der Waals surface area contributed by atoms with Crippen molar-refractivity contribution in [2.24, 2.45) is 0 Å². The molecule has 4 heteroatoms. The van der Waals surface area contributed by atoms with E-state index in [2.05, 4.69) is 55.3 Å². The van der Waals surface area contributed by atoms with Gasteiger partial charge in [0.2, 0.25) is 0 Å². The first kappa shape index (κ1) is 14.7. The van der Waals surface area contributed by atoms with E-state index in [4.69, 9.17) is 0 Å². The summed E-state index contributed by atoms with van der Waals surface area (Å²) in [6.45, 7) is 9.32. The number of nitrogens with one attached hydrogen (secondary N) is 1. The van der Waals surface area contributed by atoms with Crippen LogP contribution in [0.25, 0.3) is 11.3 Å². The minimum atomic E-state index is 0.273. The van der Waals surface area contributed by atoms with E-state index in [1.54, 1.807) is 4.80 Å². The molecule has 0 unspecified atom stereocenters. The van der Waals surface area contributed by atoms with Gasteiger partial charge in [0, 0.05) is 18.2 Å². The lowest BCUT2D eigenvalue weighted by molar-refractivity contribution is 0.457. The van der Waals surface area contributed by atoms with Crippen molar-refractivity contribution in [3.8, 4) is 11.3 Å². The maximum absolute atomic E-state index is 4.65. The lowest BCUT2D eigenvalue weighted by Gasteiger charge is -2.10. The van der Waals surface area contributed by atoms with Crippen molar-refractivity contribution >= 4 is 0 Å². The van der Waals surface area contributed by atoms with Crippen LogP contribution in [0.3, 0.4) is 0 Å². The highest BCUT2D eigenvalue weighted by Crippen LogP contribution is 2.21. The van der Waals surface area contributed by atoms with Crippen LogP contribution in [-0.4, -0.2) is 21.0 Å². The SMILES string of the molecule is CC[C@@H](C)NCc1nn(C(C)C)nc1-c1ccccc1. The molecule has 1 N–H and O–H groups in total.